The number of hydrogen-bond donors (Lipinski definition) is 1. The first-order valence-electron chi connectivity index (χ1n) is 8.15. The van der Waals surface area contributed by atoms with E-state index in [9.17, 15) is 4.79 Å². The summed E-state index contributed by atoms with van der Waals surface area (Å²) in [6.07, 6.45) is 2.83. The van der Waals surface area contributed by atoms with E-state index in [0.717, 1.165) is 50.3 Å². The number of rotatable bonds is 4. The van der Waals surface area contributed by atoms with Crippen molar-refractivity contribution in [2.24, 2.45) is 5.92 Å². The second-order valence-corrected chi connectivity index (χ2v) is 7.20. The van der Waals surface area contributed by atoms with Crippen LogP contribution >= 0.6 is 0 Å². The number of carbonyl (C=O) groups excluding carboxylic acids is 1. The van der Waals surface area contributed by atoms with Crippen molar-refractivity contribution in [3.8, 4) is 0 Å². The Bertz CT molecular complexity index is 542. The van der Waals surface area contributed by atoms with Crippen LogP contribution in [0.3, 0.4) is 0 Å². The minimum Gasteiger partial charge on any atom is -0.440 e. The molecule has 0 radical (unpaired) electrons. The molecule has 3 heterocycles. The van der Waals surface area contributed by atoms with Gasteiger partial charge in [-0.1, -0.05) is 13.8 Å². The summed E-state index contributed by atoms with van der Waals surface area (Å²) >= 11 is 0. The number of nitrogens with zero attached hydrogens (tertiary/aromatic N) is 3. The zero-order valence-electron chi connectivity index (χ0n) is 13.8. The molecule has 2 aliphatic rings. The number of amides is 1. The van der Waals surface area contributed by atoms with Crippen LogP contribution in [0.15, 0.2) is 6.07 Å². The normalized spacial score (nSPS) is 26.2. The predicted octanol–water partition coefficient (Wildman–Crippen LogP) is 2.02. The average Bonchev–Trinajstić information content (AvgIpc) is 2.95. The highest BCUT2D eigenvalue weighted by atomic mass is 16.6. The highest BCUT2D eigenvalue weighted by molar-refractivity contribution is 5.70. The summed E-state index contributed by atoms with van der Waals surface area (Å²) in [5.74, 6) is 0.614. The molecule has 6 nitrogen and oxygen atoms in total. The Morgan fingerprint density at radius 3 is 2.95 bits per heavy atom. The Hall–Kier alpha value is -1.56. The van der Waals surface area contributed by atoms with E-state index in [1.165, 1.54) is 0 Å². The fourth-order valence-corrected chi connectivity index (χ4v) is 3.58. The third-order valence-corrected chi connectivity index (χ3v) is 4.45. The molecule has 0 bridgehead atoms. The lowest BCUT2D eigenvalue weighted by Gasteiger charge is -2.38. The molecule has 1 unspecified atom stereocenters. The molecule has 1 aromatic rings. The van der Waals surface area contributed by atoms with Crippen molar-refractivity contribution in [2.45, 2.75) is 45.3 Å². The van der Waals surface area contributed by atoms with Gasteiger partial charge < -0.3 is 9.64 Å². The lowest BCUT2D eigenvalue weighted by Crippen LogP contribution is -2.50. The largest absolute Gasteiger partial charge is 0.440 e. The molecule has 22 heavy (non-hydrogen) atoms. The van der Waals surface area contributed by atoms with Gasteiger partial charge in [-0.2, -0.15) is 5.10 Å². The molecule has 6 heteroatoms. The molecule has 0 aromatic carbocycles. The van der Waals surface area contributed by atoms with Crippen molar-refractivity contribution in [3.63, 3.8) is 0 Å². The van der Waals surface area contributed by atoms with Gasteiger partial charge in [-0.05, 0) is 37.8 Å². The summed E-state index contributed by atoms with van der Waals surface area (Å²) in [5, 5.41) is 7.53. The molecule has 2 aliphatic heterocycles. The molecule has 1 N–H and O–H groups in total. The first-order chi connectivity index (χ1) is 10.5. The maximum absolute atomic E-state index is 11.7. The number of aromatic nitrogens is 2. The first-order valence-corrected chi connectivity index (χ1v) is 8.15. The van der Waals surface area contributed by atoms with Gasteiger partial charge in [-0.15, -0.1) is 0 Å². The molecule has 1 spiro atoms. The third kappa shape index (κ3) is 3.27. The molecule has 2 saturated heterocycles. The number of hydrogen-bond acceptors (Lipinski definition) is 4. The van der Waals surface area contributed by atoms with Crippen molar-refractivity contribution >= 4 is 6.09 Å². The SMILES string of the molecule is CC(C)Cc1cc(CN2CCCC3(C2)CN(C)C(=O)O3)[nH]n1. The van der Waals surface area contributed by atoms with Crippen molar-refractivity contribution in [1.29, 1.82) is 0 Å². The summed E-state index contributed by atoms with van der Waals surface area (Å²) < 4.78 is 5.65. The number of ether oxygens (including phenoxy) is 1. The van der Waals surface area contributed by atoms with Crippen LogP contribution in [0.25, 0.3) is 0 Å². The Labute approximate surface area is 131 Å². The Balaban J connectivity index is 1.61. The predicted molar refractivity (Wildman–Crippen MR) is 83.5 cm³/mol. The molecule has 3 rings (SSSR count). The summed E-state index contributed by atoms with van der Waals surface area (Å²) in [7, 11) is 1.81. The third-order valence-electron chi connectivity index (χ3n) is 4.45. The Morgan fingerprint density at radius 2 is 2.27 bits per heavy atom. The minimum atomic E-state index is -0.315. The van der Waals surface area contributed by atoms with E-state index in [1.54, 1.807) is 4.90 Å². The number of likely N-dealkylation sites (tertiary alicyclic amines) is 1. The molecule has 2 fully saturated rings. The monoisotopic (exact) mass is 306 g/mol. The Morgan fingerprint density at radius 1 is 1.45 bits per heavy atom. The molecular weight excluding hydrogens is 280 g/mol. The van der Waals surface area contributed by atoms with Crippen LogP contribution in [0.1, 0.15) is 38.1 Å². The Kier molecular flexibility index (Phi) is 4.12. The second-order valence-electron chi connectivity index (χ2n) is 7.20. The highest BCUT2D eigenvalue weighted by Crippen LogP contribution is 2.31. The molecule has 0 aliphatic carbocycles. The van der Waals surface area contributed by atoms with Gasteiger partial charge in [0, 0.05) is 25.8 Å². The van der Waals surface area contributed by atoms with E-state index in [4.69, 9.17) is 4.74 Å². The van der Waals surface area contributed by atoms with Crippen LogP contribution in [0.4, 0.5) is 4.79 Å². The van der Waals surface area contributed by atoms with Crippen LogP contribution < -0.4 is 0 Å². The minimum absolute atomic E-state index is 0.192. The van der Waals surface area contributed by atoms with Gasteiger partial charge in [-0.3, -0.25) is 10.00 Å². The zero-order valence-corrected chi connectivity index (χ0v) is 13.8. The van der Waals surface area contributed by atoms with E-state index >= 15 is 0 Å². The number of likely N-dealkylation sites (N-methyl/N-ethyl adjacent to an activating group) is 1. The number of aromatic amines is 1. The van der Waals surface area contributed by atoms with Gasteiger partial charge in [0.1, 0.15) is 5.60 Å². The van der Waals surface area contributed by atoms with Crippen LogP contribution in [-0.2, 0) is 17.7 Å². The van der Waals surface area contributed by atoms with E-state index in [1.807, 2.05) is 7.05 Å². The molecule has 1 aromatic heterocycles. The summed E-state index contributed by atoms with van der Waals surface area (Å²) in [6.45, 7) is 7.79. The van der Waals surface area contributed by atoms with Gasteiger partial charge in [-0.25, -0.2) is 4.79 Å². The number of H-pyrrole nitrogens is 1. The van der Waals surface area contributed by atoms with E-state index in [0.29, 0.717) is 12.5 Å². The van der Waals surface area contributed by atoms with E-state index < -0.39 is 0 Å². The van der Waals surface area contributed by atoms with Gasteiger partial charge >= 0.3 is 6.09 Å². The lowest BCUT2D eigenvalue weighted by molar-refractivity contribution is -0.0116. The smallest absolute Gasteiger partial charge is 0.410 e. The van der Waals surface area contributed by atoms with Gasteiger partial charge in [0.2, 0.25) is 0 Å². The summed E-state index contributed by atoms with van der Waals surface area (Å²) in [4.78, 5) is 15.7. The molecule has 1 atom stereocenters. The van der Waals surface area contributed by atoms with Gasteiger partial charge in [0.05, 0.1) is 12.2 Å². The fraction of sp³-hybridized carbons (Fsp3) is 0.750. The fourth-order valence-electron chi connectivity index (χ4n) is 3.58. The average molecular weight is 306 g/mol. The van der Waals surface area contributed by atoms with Crippen molar-refractivity contribution < 1.29 is 9.53 Å². The van der Waals surface area contributed by atoms with Crippen LogP contribution in [0.2, 0.25) is 0 Å². The van der Waals surface area contributed by atoms with Gasteiger partial charge in [0.25, 0.3) is 0 Å². The van der Waals surface area contributed by atoms with Crippen LogP contribution in [-0.4, -0.2) is 58.4 Å². The van der Waals surface area contributed by atoms with E-state index in [2.05, 4.69) is 35.0 Å². The lowest BCUT2D eigenvalue weighted by atomic mass is 9.92. The van der Waals surface area contributed by atoms with E-state index in [-0.39, 0.29) is 11.7 Å². The van der Waals surface area contributed by atoms with Crippen molar-refractivity contribution in [3.05, 3.63) is 17.5 Å². The first kappa shape index (κ1) is 15.3. The molecule has 1 amide bonds. The standard InChI is InChI=1S/C16H26N4O2/c1-12(2)7-13-8-14(18-17-13)9-20-6-4-5-16(11-20)10-19(3)15(21)22-16/h8,12H,4-7,9-11H2,1-3H3,(H,17,18). The topological polar surface area (TPSA) is 61.5 Å². The van der Waals surface area contributed by atoms with Crippen molar-refractivity contribution in [1.82, 2.24) is 20.0 Å². The number of piperidine rings is 1. The molecular formula is C16H26N4O2. The highest BCUT2D eigenvalue weighted by Gasteiger charge is 2.46. The maximum atomic E-state index is 11.7. The quantitative estimate of drug-likeness (QED) is 0.924. The second kappa shape index (κ2) is 5.91. The summed E-state index contributed by atoms with van der Waals surface area (Å²) in [6, 6.07) is 2.16. The van der Waals surface area contributed by atoms with Crippen LogP contribution in [0.5, 0.6) is 0 Å². The van der Waals surface area contributed by atoms with Crippen LogP contribution in [0, 0.1) is 5.92 Å². The number of carbonyl (C=O) groups is 1. The van der Waals surface area contributed by atoms with Gasteiger partial charge in [0.15, 0.2) is 0 Å². The molecule has 0 saturated carbocycles. The summed E-state index contributed by atoms with van der Waals surface area (Å²) in [5.41, 5.74) is 1.96. The number of nitrogens with one attached hydrogen (secondary N) is 1. The molecule has 122 valence electrons. The maximum Gasteiger partial charge on any atom is 0.410 e. The zero-order chi connectivity index (χ0) is 15.7. The van der Waals surface area contributed by atoms with Crippen molar-refractivity contribution in [2.75, 3.05) is 26.7 Å².